The lowest BCUT2D eigenvalue weighted by Crippen LogP contribution is -2.18. The number of benzene rings is 6. The highest BCUT2D eigenvalue weighted by molar-refractivity contribution is 7.93. The van der Waals surface area contributed by atoms with Gasteiger partial charge in [-0.25, -0.2) is 91.2 Å². The number of halogens is 14. The summed E-state index contributed by atoms with van der Waals surface area (Å²) in [4.78, 5) is 22.7. The van der Waals surface area contributed by atoms with Crippen LogP contribution in [0.25, 0.3) is 66.9 Å². The Balaban J connectivity index is 0.000000146. The zero-order chi connectivity index (χ0) is 79.6. The normalized spacial score (nSPS) is 14.9. The minimum Gasteiger partial charge on any atom is -0.383 e. The molecule has 0 saturated heterocycles. The summed E-state index contributed by atoms with van der Waals surface area (Å²) in [7, 11) is -13.8. The molecule has 0 bridgehead atoms. The van der Waals surface area contributed by atoms with Crippen LogP contribution in [0, 0.1) is 36.0 Å². The Bertz CT molecular complexity index is 5950. The van der Waals surface area contributed by atoms with Crippen molar-refractivity contribution in [2.45, 2.75) is 135 Å². The number of anilines is 6. The number of aromatic nitrogens is 12. The van der Waals surface area contributed by atoms with Crippen molar-refractivity contribution in [2.75, 3.05) is 31.4 Å². The van der Waals surface area contributed by atoms with E-state index in [1.54, 1.807) is 18.8 Å². The topological polar surface area (TPSA) is 347 Å². The fourth-order valence-corrected chi connectivity index (χ4v) is 17.0. The molecule has 3 fully saturated rings. The number of nitrogens with zero attached hydrogens (tertiary/aromatic N) is 12. The highest BCUT2D eigenvalue weighted by atomic mass is 32.2. The van der Waals surface area contributed by atoms with Gasteiger partial charge in [-0.05, 0) is 142 Å². The molecule has 6 aromatic carbocycles. The highest BCUT2D eigenvalue weighted by Crippen LogP contribution is 2.44. The van der Waals surface area contributed by atoms with Crippen LogP contribution in [0.4, 0.5) is 96.0 Å². The minimum atomic E-state index is -5.27. The summed E-state index contributed by atoms with van der Waals surface area (Å²) in [6, 6.07) is 15.3. The molecule has 3 saturated carbocycles. The number of nitrogens with two attached hydrogens (primary N) is 3. The zero-order valence-electron chi connectivity index (χ0n) is 57.4. The van der Waals surface area contributed by atoms with E-state index >= 15 is 8.78 Å². The monoisotopic (exact) mass is 1610 g/mol. The summed E-state index contributed by atoms with van der Waals surface area (Å²) in [6.45, 7) is 1.24. The summed E-state index contributed by atoms with van der Waals surface area (Å²) >= 11 is 0. The summed E-state index contributed by atoms with van der Waals surface area (Å²) in [5.41, 5.74) is 15.4. The average Bonchev–Trinajstić information content (AvgIpc) is 1.69. The molecule has 0 atom stereocenters. The van der Waals surface area contributed by atoms with Gasteiger partial charge in [-0.15, -0.1) is 0 Å². The first-order chi connectivity index (χ1) is 52.3. The van der Waals surface area contributed by atoms with Gasteiger partial charge in [0.1, 0.15) is 71.0 Å². The van der Waals surface area contributed by atoms with Crippen LogP contribution in [0.2, 0.25) is 0 Å². The van der Waals surface area contributed by atoms with Crippen molar-refractivity contribution in [1.29, 1.82) is 0 Å². The standard InChI is InChI=1S/C24H19F7N6O2S.C24H22F4N6O2S.C22H19F3N6O2S/c25-17-7-12(20-19-21(32)33-11-34-22(19)37(35-20)15-3-1-2-4-15)5-6-18(17)36-40(38,39)16-9-13(23(26,27)28)8-14(10-16)24(29,30)31;1-13-10-15(24(26,27)28)7-9-19(13)37(35,36)33-18-8-6-14(11-17(18)25)21-20-22(29)30-12-31-23(20)34(32-21)16-4-2-3-5-16;23-15-7-6-14(10-16(15)24)34(32,33)30-18-8-5-12(9-17(18)25)20-19-21(26)27-11-28-22(19)31(29-20)13-3-1-2-4-13/h5-11,15,36H,1-4H2,(H2,32,33,34);6-12,16,33H,2-5H2,1H3,(H2,29,30,31);5-11,13,30H,1-4H2,(H2,26,27,28). The third-order valence-corrected chi connectivity index (χ3v) is 23.1. The van der Waals surface area contributed by atoms with Crippen LogP contribution in [-0.4, -0.2) is 84.5 Å². The van der Waals surface area contributed by atoms with Crippen LogP contribution in [-0.2, 0) is 48.6 Å². The predicted molar refractivity (Wildman–Crippen MR) is 379 cm³/mol. The van der Waals surface area contributed by atoms with Crippen LogP contribution < -0.4 is 31.4 Å². The van der Waals surface area contributed by atoms with Crippen molar-refractivity contribution >= 4 is 97.7 Å². The molecule has 3 aliphatic rings. The Morgan fingerprint density at radius 3 is 1.04 bits per heavy atom. The number of sulfonamides is 3. The Morgan fingerprint density at radius 1 is 0.369 bits per heavy atom. The molecular formula is C70H60F14N18O6S3. The molecule has 0 radical (unpaired) electrons. The van der Waals surface area contributed by atoms with Gasteiger partial charge in [0.2, 0.25) is 0 Å². The molecule has 582 valence electrons. The Hall–Kier alpha value is -11.4. The number of rotatable bonds is 15. The van der Waals surface area contributed by atoms with Crippen LogP contribution in [0.15, 0.2) is 143 Å². The molecule has 0 amide bonds. The van der Waals surface area contributed by atoms with Gasteiger partial charge in [-0.2, -0.15) is 54.8 Å². The number of aryl methyl sites for hydroxylation is 1. The van der Waals surface area contributed by atoms with Crippen LogP contribution >= 0.6 is 0 Å². The second kappa shape index (κ2) is 29.8. The first-order valence-corrected chi connectivity index (χ1v) is 38.2. The van der Waals surface area contributed by atoms with Crippen LogP contribution in [0.1, 0.15) is 117 Å². The second-order valence-corrected chi connectivity index (χ2v) is 31.3. The maximum atomic E-state index is 15.1. The summed E-state index contributed by atoms with van der Waals surface area (Å²) in [5.74, 6) is -5.00. The number of nitrogen functional groups attached to an aromatic ring is 3. The molecule has 9 N–H and O–H groups in total. The van der Waals surface area contributed by atoms with Crippen LogP contribution in [0.3, 0.4) is 0 Å². The first-order valence-electron chi connectivity index (χ1n) is 33.7. The third kappa shape index (κ3) is 16.0. The molecule has 0 spiro atoms. The van der Waals surface area contributed by atoms with Gasteiger partial charge >= 0.3 is 18.5 Å². The predicted octanol–water partition coefficient (Wildman–Crippen LogP) is 16.0. The number of hydrogen-bond acceptors (Lipinski definition) is 18. The summed E-state index contributed by atoms with van der Waals surface area (Å²) in [6.07, 6.45) is 0.489. The Kier molecular flexibility index (Phi) is 20.9. The highest BCUT2D eigenvalue weighted by Gasteiger charge is 2.40. The molecule has 6 aromatic heterocycles. The minimum absolute atomic E-state index is 0.0361. The van der Waals surface area contributed by atoms with E-state index in [1.807, 2.05) is 0 Å². The smallest absolute Gasteiger partial charge is 0.383 e. The lowest BCUT2D eigenvalue weighted by Gasteiger charge is -2.15. The van der Waals surface area contributed by atoms with Crippen molar-refractivity contribution in [2.24, 2.45) is 0 Å². The van der Waals surface area contributed by atoms with Gasteiger partial charge in [0, 0.05) is 16.7 Å². The summed E-state index contributed by atoms with van der Waals surface area (Å²) < 4.78 is 277. The number of alkyl halides is 9. The second-order valence-electron chi connectivity index (χ2n) is 26.3. The van der Waals surface area contributed by atoms with Gasteiger partial charge in [-0.3, -0.25) is 14.2 Å². The van der Waals surface area contributed by atoms with Gasteiger partial charge in [0.25, 0.3) is 30.1 Å². The van der Waals surface area contributed by atoms with E-state index in [9.17, 15) is 77.9 Å². The van der Waals surface area contributed by atoms with Crippen molar-refractivity contribution in [1.82, 2.24) is 59.2 Å². The van der Waals surface area contributed by atoms with E-state index in [1.165, 1.54) is 56.2 Å². The molecule has 41 heteroatoms. The van der Waals surface area contributed by atoms with Gasteiger partial charge in [0.15, 0.2) is 28.6 Å². The van der Waals surface area contributed by atoms with Gasteiger partial charge in [0.05, 0.1) is 82.7 Å². The fourth-order valence-electron chi connectivity index (χ4n) is 13.5. The van der Waals surface area contributed by atoms with E-state index in [0.29, 0.717) is 73.8 Å². The van der Waals surface area contributed by atoms with E-state index in [2.05, 4.69) is 54.6 Å². The third-order valence-electron chi connectivity index (χ3n) is 18.9. The van der Waals surface area contributed by atoms with Gasteiger partial charge in [-0.1, -0.05) is 56.7 Å². The molecular weight excluding hydrogens is 1550 g/mol. The average molecular weight is 1610 g/mol. The fraction of sp³-hybridized carbons (Fsp3) is 0.271. The van der Waals surface area contributed by atoms with Crippen LogP contribution in [0.5, 0.6) is 0 Å². The van der Waals surface area contributed by atoms with Crippen molar-refractivity contribution in [3.05, 3.63) is 180 Å². The molecule has 15 rings (SSSR count). The zero-order valence-corrected chi connectivity index (χ0v) is 59.9. The van der Waals surface area contributed by atoms with E-state index in [-0.39, 0.29) is 82.0 Å². The number of fused-ring (bicyclic) bond motifs is 3. The molecule has 12 aromatic rings. The SMILES string of the molecule is Cc1cc(C(F)(F)F)ccc1S(=O)(=O)Nc1ccc(-c2nn(C3CCCC3)c3ncnc(N)c23)cc1F.Nc1ncnc2c1c(-c1ccc(NS(=O)(=O)c3cc(C(F)(F)F)cc(C(F)(F)F)c3)c(F)c1)nn2C1CCCC1.Nc1ncnc2c1c(-c1ccc(NS(=O)(=O)c3ccc(F)c(F)c3)c(F)c1)nn2C1CCCC1. The van der Waals surface area contributed by atoms with E-state index < -0.39 is 115 Å². The molecule has 24 nitrogen and oxygen atoms in total. The van der Waals surface area contributed by atoms with Gasteiger partial charge < -0.3 is 17.2 Å². The molecule has 111 heavy (non-hydrogen) atoms. The molecule has 0 unspecified atom stereocenters. The maximum Gasteiger partial charge on any atom is 0.416 e. The lowest BCUT2D eigenvalue weighted by molar-refractivity contribution is -0.143. The Morgan fingerprint density at radius 2 is 0.712 bits per heavy atom. The van der Waals surface area contributed by atoms with E-state index in [0.717, 1.165) is 120 Å². The molecule has 3 aliphatic carbocycles. The van der Waals surface area contributed by atoms with Crippen molar-refractivity contribution in [3.8, 4) is 33.8 Å². The molecule has 0 aliphatic heterocycles. The molecule has 6 heterocycles. The largest absolute Gasteiger partial charge is 0.416 e. The van der Waals surface area contributed by atoms with E-state index in [4.69, 9.17) is 17.2 Å². The Labute approximate surface area is 620 Å². The van der Waals surface area contributed by atoms with Crippen molar-refractivity contribution < 1.29 is 86.7 Å². The first kappa shape index (κ1) is 77.8. The maximum absolute atomic E-state index is 15.1. The van der Waals surface area contributed by atoms with Crippen molar-refractivity contribution in [3.63, 3.8) is 0 Å². The number of nitrogens with one attached hydrogen (secondary N) is 3. The lowest BCUT2D eigenvalue weighted by atomic mass is 10.1. The summed E-state index contributed by atoms with van der Waals surface area (Å²) in [5, 5.41) is 15.2. The number of hydrogen-bond donors (Lipinski definition) is 6. The quantitative estimate of drug-likeness (QED) is 0.0519.